The third kappa shape index (κ3) is 3.53. The number of nitrogens with zero attached hydrogens (tertiary/aromatic N) is 1. The zero-order valence-corrected chi connectivity index (χ0v) is 13.1. The smallest absolute Gasteiger partial charge is 0.253 e. The minimum absolute atomic E-state index is 0.0605. The van der Waals surface area contributed by atoms with Crippen LogP contribution >= 0.6 is 0 Å². The molecule has 0 radical (unpaired) electrons. The predicted molar refractivity (Wildman–Crippen MR) is 84.2 cm³/mol. The van der Waals surface area contributed by atoms with Gasteiger partial charge in [-0.05, 0) is 56.2 Å². The third-order valence-corrected chi connectivity index (χ3v) is 4.27. The van der Waals surface area contributed by atoms with Crippen LogP contribution in [0.3, 0.4) is 0 Å². The van der Waals surface area contributed by atoms with Crippen molar-refractivity contribution in [2.75, 3.05) is 19.4 Å². The van der Waals surface area contributed by atoms with Gasteiger partial charge < -0.3 is 10.2 Å². The summed E-state index contributed by atoms with van der Waals surface area (Å²) in [6, 6.07) is 6.49. The van der Waals surface area contributed by atoms with Crippen LogP contribution in [0, 0.1) is 12.8 Å². The first-order valence-electron chi connectivity index (χ1n) is 7.56. The van der Waals surface area contributed by atoms with Crippen LogP contribution in [0.5, 0.6) is 0 Å². The van der Waals surface area contributed by atoms with E-state index in [2.05, 4.69) is 19.2 Å². The highest BCUT2D eigenvalue weighted by Gasteiger charge is 2.19. The average molecular weight is 274 g/mol. The minimum Gasteiger partial charge on any atom is -0.382 e. The van der Waals surface area contributed by atoms with Crippen molar-refractivity contribution in [1.82, 2.24) is 4.90 Å². The summed E-state index contributed by atoms with van der Waals surface area (Å²) in [4.78, 5) is 13.7. The Balaban J connectivity index is 2.11. The van der Waals surface area contributed by atoms with Gasteiger partial charge in [0.05, 0.1) is 0 Å². The molecular weight excluding hydrogens is 248 g/mol. The lowest BCUT2D eigenvalue weighted by molar-refractivity contribution is 0.0827. The second-order valence-electron chi connectivity index (χ2n) is 6.33. The molecule has 1 amide bonds. The maximum atomic E-state index is 12.0. The Kier molecular flexibility index (Phi) is 4.69. The zero-order valence-electron chi connectivity index (χ0n) is 13.1. The number of carbonyl (C=O) groups excluding carboxylic acids is 1. The van der Waals surface area contributed by atoms with Crippen LogP contribution in [0.1, 0.15) is 48.5 Å². The number of amides is 1. The number of hydrogen-bond donors (Lipinski definition) is 1. The van der Waals surface area contributed by atoms with Crippen molar-refractivity contribution in [2.24, 2.45) is 5.92 Å². The molecule has 0 heterocycles. The Morgan fingerprint density at radius 1 is 1.20 bits per heavy atom. The van der Waals surface area contributed by atoms with Crippen LogP contribution in [0.15, 0.2) is 18.2 Å². The van der Waals surface area contributed by atoms with E-state index in [9.17, 15) is 4.79 Å². The maximum absolute atomic E-state index is 12.0. The van der Waals surface area contributed by atoms with E-state index < -0.39 is 0 Å². The van der Waals surface area contributed by atoms with Gasteiger partial charge in [-0.2, -0.15) is 0 Å². The van der Waals surface area contributed by atoms with Crippen molar-refractivity contribution < 1.29 is 4.79 Å². The fourth-order valence-electron chi connectivity index (χ4n) is 2.79. The molecule has 0 aliphatic heterocycles. The number of rotatable bonds is 3. The van der Waals surface area contributed by atoms with E-state index in [1.807, 2.05) is 18.2 Å². The van der Waals surface area contributed by atoms with Gasteiger partial charge in [-0.25, -0.2) is 0 Å². The molecule has 2 rings (SSSR count). The summed E-state index contributed by atoms with van der Waals surface area (Å²) in [5, 5.41) is 3.63. The third-order valence-electron chi connectivity index (χ3n) is 4.27. The highest BCUT2D eigenvalue weighted by Crippen LogP contribution is 2.27. The Bertz CT molecular complexity index is 474. The van der Waals surface area contributed by atoms with Crippen molar-refractivity contribution in [3.63, 3.8) is 0 Å². The lowest BCUT2D eigenvalue weighted by atomic mass is 9.87. The molecule has 3 nitrogen and oxygen atoms in total. The van der Waals surface area contributed by atoms with Gasteiger partial charge in [0.1, 0.15) is 0 Å². The topological polar surface area (TPSA) is 32.3 Å². The number of anilines is 1. The first-order chi connectivity index (χ1) is 9.47. The fourth-order valence-corrected chi connectivity index (χ4v) is 2.79. The van der Waals surface area contributed by atoms with Crippen molar-refractivity contribution >= 4 is 11.6 Å². The highest BCUT2D eigenvalue weighted by atomic mass is 16.2. The number of carbonyl (C=O) groups is 1. The molecule has 1 fully saturated rings. The molecule has 0 spiro atoms. The summed E-state index contributed by atoms with van der Waals surface area (Å²) in [5.41, 5.74) is 3.07. The van der Waals surface area contributed by atoms with Crippen LogP contribution in [-0.4, -0.2) is 30.9 Å². The van der Waals surface area contributed by atoms with Gasteiger partial charge in [0, 0.05) is 31.4 Å². The summed E-state index contributed by atoms with van der Waals surface area (Å²) in [6.45, 7) is 4.43. The van der Waals surface area contributed by atoms with Crippen LogP contribution in [-0.2, 0) is 0 Å². The summed E-state index contributed by atoms with van der Waals surface area (Å²) in [7, 11) is 3.58. The van der Waals surface area contributed by atoms with Gasteiger partial charge in [0.2, 0.25) is 0 Å². The Morgan fingerprint density at radius 2 is 1.85 bits per heavy atom. The molecule has 0 unspecified atom stereocenters. The van der Waals surface area contributed by atoms with E-state index in [0.717, 1.165) is 17.2 Å². The van der Waals surface area contributed by atoms with Crippen molar-refractivity contribution in [3.8, 4) is 0 Å². The summed E-state index contributed by atoms with van der Waals surface area (Å²) >= 11 is 0. The zero-order chi connectivity index (χ0) is 14.7. The van der Waals surface area contributed by atoms with Gasteiger partial charge >= 0.3 is 0 Å². The van der Waals surface area contributed by atoms with Gasteiger partial charge in [-0.3, -0.25) is 4.79 Å². The van der Waals surface area contributed by atoms with E-state index in [-0.39, 0.29) is 5.91 Å². The Hall–Kier alpha value is -1.51. The maximum Gasteiger partial charge on any atom is 0.253 e. The van der Waals surface area contributed by atoms with Crippen LogP contribution < -0.4 is 5.32 Å². The second kappa shape index (κ2) is 6.29. The second-order valence-corrected chi connectivity index (χ2v) is 6.33. The van der Waals surface area contributed by atoms with Gasteiger partial charge in [-0.15, -0.1) is 0 Å². The van der Waals surface area contributed by atoms with E-state index in [4.69, 9.17) is 0 Å². The summed E-state index contributed by atoms with van der Waals surface area (Å²) in [6.07, 6.45) is 5.05. The number of hydrogen-bond acceptors (Lipinski definition) is 2. The molecule has 1 aliphatic rings. The summed E-state index contributed by atoms with van der Waals surface area (Å²) in [5.74, 6) is 0.918. The lowest BCUT2D eigenvalue weighted by Crippen LogP contribution is -2.26. The first kappa shape index (κ1) is 14.9. The monoisotopic (exact) mass is 274 g/mol. The number of benzene rings is 1. The van der Waals surface area contributed by atoms with Gasteiger partial charge in [-0.1, -0.05) is 13.0 Å². The van der Waals surface area contributed by atoms with Crippen molar-refractivity contribution in [1.29, 1.82) is 0 Å². The first-order valence-corrected chi connectivity index (χ1v) is 7.56. The molecular formula is C17H26N2O. The normalized spacial score (nSPS) is 22.4. The standard InChI is InChI=1S/C17H26N2O/c1-12-5-9-15(10-6-12)18-16-11-14(8-7-13(16)2)17(20)19(3)4/h7-8,11-12,15,18H,5-6,9-10H2,1-4H3. The average Bonchev–Trinajstić information content (AvgIpc) is 2.43. The van der Waals surface area contributed by atoms with Crippen molar-refractivity contribution in [2.45, 2.75) is 45.6 Å². The predicted octanol–water partition coefficient (Wildman–Crippen LogP) is 3.69. The fraction of sp³-hybridized carbons (Fsp3) is 0.588. The molecule has 0 aromatic heterocycles. The number of nitrogens with one attached hydrogen (secondary N) is 1. The van der Waals surface area contributed by atoms with Gasteiger partial charge in [0.25, 0.3) is 5.91 Å². The largest absolute Gasteiger partial charge is 0.382 e. The van der Waals surface area contributed by atoms with Gasteiger partial charge in [0.15, 0.2) is 0 Å². The van der Waals surface area contributed by atoms with Crippen LogP contribution in [0.4, 0.5) is 5.69 Å². The molecule has 110 valence electrons. The molecule has 1 aliphatic carbocycles. The molecule has 0 bridgehead atoms. The minimum atomic E-state index is 0.0605. The molecule has 1 saturated carbocycles. The van der Waals surface area contributed by atoms with E-state index in [1.54, 1.807) is 19.0 Å². The molecule has 0 atom stereocenters. The van der Waals surface area contributed by atoms with E-state index in [0.29, 0.717) is 6.04 Å². The molecule has 1 aromatic rings. The van der Waals surface area contributed by atoms with E-state index >= 15 is 0 Å². The SMILES string of the molecule is Cc1ccc(C(=O)N(C)C)cc1NC1CCC(C)CC1. The number of aryl methyl sites for hydroxylation is 1. The van der Waals surface area contributed by atoms with Crippen LogP contribution in [0.25, 0.3) is 0 Å². The summed E-state index contributed by atoms with van der Waals surface area (Å²) < 4.78 is 0. The Labute approximate surface area is 122 Å². The van der Waals surface area contributed by atoms with Crippen molar-refractivity contribution in [3.05, 3.63) is 29.3 Å². The molecule has 1 aromatic carbocycles. The van der Waals surface area contributed by atoms with E-state index in [1.165, 1.54) is 31.2 Å². The molecule has 1 N–H and O–H groups in total. The molecule has 3 heteroatoms. The molecule has 20 heavy (non-hydrogen) atoms. The van der Waals surface area contributed by atoms with Crippen LogP contribution in [0.2, 0.25) is 0 Å². The molecule has 0 saturated heterocycles. The highest BCUT2D eigenvalue weighted by molar-refractivity contribution is 5.95. The quantitative estimate of drug-likeness (QED) is 0.911. The lowest BCUT2D eigenvalue weighted by Gasteiger charge is -2.28. The Morgan fingerprint density at radius 3 is 2.45 bits per heavy atom.